The quantitative estimate of drug-likeness (QED) is 0.863. The minimum Gasteiger partial charge on any atom is -0.387 e. The molecule has 0 aromatic carbocycles. The van der Waals surface area contributed by atoms with Crippen LogP contribution in [0.4, 0.5) is 5.82 Å². The molecule has 3 atom stereocenters. The maximum atomic E-state index is 10.5. The molecule has 0 aliphatic carbocycles. The first-order valence-corrected chi connectivity index (χ1v) is 7.83. The van der Waals surface area contributed by atoms with Gasteiger partial charge in [0.1, 0.15) is 5.82 Å². The zero-order valence-electron chi connectivity index (χ0n) is 10.1. The number of hydrogen-bond acceptors (Lipinski definition) is 5. The molecule has 0 radical (unpaired) electrons. The second kappa shape index (κ2) is 5.50. The van der Waals surface area contributed by atoms with Crippen molar-refractivity contribution in [2.75, 3.05) is 17.2 Å². The van der Waals surface area contributed by atoms with Crippen LogP contribution in [0.3, 0.4) is 0 Å². The molecule has 1 aromatic heterocycles. The van der Waals surface area contributed by atoms with Crippen molar-refractivity contribution < 1.29 is 5.11 Å². The van der Waals surface area contributed by atoms with Crippen molar-refractivity contribution in [3.8, 4) is 0 Å². The zero-order chi connectivity index (χ0) is 12.4. The molecule has 0 bridgehead atoms. The number of nitrogens with two attached hydrogens (primary N) is 1. The summed E-state index contributed by atoms with van der Waals surface area (Å²) in [5, 5.41) is 11.2. The number of anilines is 1. The van der Waals surface area contributed by atoms with Crippen molar-refractivity contribution in [2.24, 2.45) is 0 Å². The smallest absolute Gasteiger partial charge is 0.129 e. The standard InChI is InChI=1S/C12H18N2OS2/c1-7-3-4-14-12(13)9(7)10(15)11-8(2)16-5-6-17-11/h3-4,8,10-11,15H,5-6H2,1-2H3,(H2,13,14). The first kappa shape index (κ1) is 13.1. The van der Waals surface area contributed by atoms with Crippen LogP contribution in [0.25, 0.3) is 0 Å². The van der Waals surface area contributed by atoms with Crippen LogP contribution in [0.5, 0.6) is 0 Å². The second-order valence-electron chi connectivity index (χ2n) is 4.28. The Morgan fingerprint density at radius 2 is 2.18 bits per heavy atom. The summed E-state index contributed by atoms with van der Waals surface area (Å²) in [6.45, 7) is 4.15. The lowest BCUT2D eigenvalue weighted by atomic mass is 10.0. The molecule has 17 heavy (non-hydrogen) atoms. The van der Waals surface area contributed by atoms with Gasteiger partial charge in [-0.05, 0) is 18.6 Å². The van der Waals surface area contributed by atoms with Crippen molar-refractivity contribution in [1.82, 2.24) is 4.98 Å². The molecule has 1 aliphatic rings. The van der Waals surface area contributed by atoms with Gasteiger partial charge in [0.2, 0.25) is 0 Å². The topological polar surface area (TPSA) is 59.1 Å². The Hall–Kier alpha value is -0.390. The van der Waals surface area contributed by atoms with E-state index < -0.39 is 6.10 Å². The number of aryl methyl sites for hydroxylation is 1. The van der Waals surface area contributed by atoms with E-state index in [-0.39, 0.29) is 5.25 Å². The number of nitrogen functional groups attached to an aromatic ring is 1. The van der Waals surface area contributed by atoms with E-state index in [1.165, 1.54) is 0 Å². The highest BCUT2D eigenvalue weighted by Crippen LogP contribution is 2.40. The summed E-state index contributed by atoms with van der Waals surface area (Å²) in [5.74, 6) is 2.72. The molecule has 1 aliphatic heterocycles. The number of hydrogen-bond donors (Lipinski definition) is 2. The molecule has 1 saturated heterocycles. The van der Waals surface area contributed by atoms with Gasteiger partial charge in [0.05, 0.1) is 6.10 Å². The summed E-state index contributed by atoms with van der Waals surface area (Å²) < 4.78 is 0. The summed E-state index contributed by atoms with van der Waals surface area (Å²) in [4.78, 5) is 4.08. The van der Waals surface area contributed by atoms with E-state index in [2.05, 4.69) is 11.9 Å². The molecule has 3 N–H and O–H groups in total. The maximum Gasteiger partial charge on any atom is 0.129 e. The van der Waals surface area contributed by atoms with Gasteiger partial charge in [-0.2, -0.15) is 23.5 Å². The van der Waals surface area contributed by atoms with Crippen LogP contribution in [0.2, 0.25) is 0 Å². The molecule has 0 saturated carbocycles. The van der Waals surface area contributed by atoms with Gasteiger partial charge in [0.25, 0.3) is 0 Å². The molecule has 1 fully saturated rings. The van der Waals surface area contributed by atoms with E-state index in [0.29, 0.717) is 11.1 Å². The van der Waals surface area contributed by atoms with E-state index in [1.807, 2.05) is 36.5 Å². The fourth-order valence-corrected chi connectivity index (χ4v) is 4.95. The van der Waals surface area contributed by atoms with E-state index in [9.17, 15) is 5.11 Å². The molecule has 3 nitrogen and oxygen atoms in total. The summed E-state index contributed by atoms with van der Waals surface area (Å²) in [6, 6.07) is 1.90. The molecule has 0 spiro atoms. The minimum atomic E-state index is -0.517. The van der Waals surface area contributed by atoms with Crippen molar-refractivity contribution >= 4 is 29.3 Å². The van der Waals surface area contributed by atoms with Crippen LogP contribution >= 0.6 is 23.5 Å². The molecule has 2 heterocycles. The molecule has 2 rings (SSSR count). The number of aliphatic hydroxyl groups is 1. The normalized spacial score (nSPS) is 26.8. The third-order valence-corrected chi connectivity index (χ3v) is 6.26. The Balaban J connectivity index is 2.26. The number of pyridine rings is 1. The van der Waals surface area contributed by atoms with Gasteiger partial charge in [0, 0.05) is 33.8 Å². The average Bonchev–Trinajstić information content (AvgIpc) is 2.29. The van der Waals surface area contributed by atoms with Crippen LogP contribution in [0.1, 0.15) is 24.2 Å². The fourth-order valence-electron chi connectivity index (χ4n) is 2.14. The average molecular weight is 270 g/mol. The highest BCUT2D eigenvalue weighted by Gasteiger charge is 2.32. The van der Waals surface area contributed by atoms with Gasteiger partial charge in [-0.15, -0.1) is 0 Å². The number of aromatic nitrogens is 1. The zero-order valence-corrected chi connectivity index (χ0v) is 11.7. The van der Waals surface area contributed by atoms with Crippen LogP contribution in [-0.2, 0) is 0 Å². The van der Waals surface area contributed by atoms with Gasteiger partial charge in [0.15, 0.2) is 0 Å². The summed E-state index contributed by atoms with van der Waals surface area (Å²) in [6.07, 6.45) is 1.17. The number of thioether (sulfide) groups is 2. The van der Waals surface area contributed by atoms with Gasteiger partial charge in [-0.25, -0.2) is 4.98 Å². The van der Waals surface area contributed by atoms with Crippen molar-refractivity contribution in [2.45, 2.75) is 30.5 Å². The SMILES string of the molecule is Cc1ccnc(N)c1C(O)C1SCCSC1C. The molecule has 5 heteroatoms. The van der Waals surface area contributed by atoms with Crippen LogP contribution in [0.15, 0.2) is 12.3 Å². The predicted octanol–water partition coefficient (Wildman–Crippen LogP) is 2.24. The molecular formula is C12H18N2OS2. The number of aliphatic hydroxyl groups excluding tert-OH is 1. The lowest BCUT2D eigenvalue weighted by molar-refractivity contribution is 0.174. The predicted molar refractivity (Wildman–Crippen MR) is 76.5 cm³/mol. The highest BCUT2D eigenvalue weighted by atomic mass is 32.2. The Morgan fingerprint density at radius 3 is 2.82 bits per heavy atom. The molecule has 0 amide bonds. The largest absolute Gasteiger partial charge is 0.387 e. The minimum absolute atomic E-state index is 0.207. The monoisotopic (exact) mass is 270 g/mol. The van der Waals surface area contributed by atoms with Crippen molar-refractivity contribution in [3.05, 3.63) is 23.4 Å². The number of nitrogens with zero attached hydrogens (tertiary/aromatic N) is 1. The third kappa shape index (κ3) is 2.72. The Morgan fingerprint density at radius 1 is 1.47 bits per heavy atom. The number of rotatable bonds is 2. The Kier molecular flexibility index (Phi) is 4.22. The lowest BCUT2D eigenvalue weighted by Crippen LogP contribution is -2.30. The fraction of sp³-hybridized carbons (Fsp3) is 0.583. The first-order chi connectivity index (χ1) is 8.11. The molecular weight excluding hydrogens is 252 g/mol. The van der Waals surface area contributed by atoms with E-state index in [0.717, 1.165) is 22.6 Å². The van der Waals surface area contributed by atoms with E-state index in [4.69, 9.17) is 5.73 Å². The Labute approximate surface area is 111 Å². The van der Waals surface area contributed by atoms with Crippen molar-refractivity contribution in [1.29, 1.82) is 0 Å². The van der Waals surface area contributed by atoms with E-state index in [1.54, 1.807) is 6.20 Å². The molecule has 3 unspecified atom stereocenters. The van der Waals surface area contributed by atoms with Gasteiger partial charge in [-0.3, -0.25) is 0 Å². The van der Waals surface area contributed by atoms with Gasteiger partial charge < -0.3 is 10.8 Å². The third-order valence-electron chi connectivity index (χ3n) is 3.08. The van der Waals surface area contributed by atoms with Crippen LogP contribution in [-0.4, -0.2) is 32.1 Å². The van der Waals surface area contributed by atoms with Crippen LogP contribution in [0, 0.1) is 6.92 Å². The van der Waals surface area contributed by atoms with Gasteiger partial charge in [-0.1, -0.05) is 6.92 Å². The first-order valence-electron chi connectivity index (χ1n) is 5.73. The maximum absolute atomic E-state index is 10.5. The molecule has 1 aromatic rings. The summed E-state index contributed by atoms with van der Waals surface area (Å²) >= 11 is 3.76. The van der Waals surface area contributed by atoms with Crippen LogP contribution < -0.4 is 5.73 Å². The highest BCUT2D eigenvalue weighted by molar-refractivity contribution is 8.07. The molecule has 94 valence electrons. The summed E-state index contributed by atoms with van der Waals surface area (Å²) in [7, 11) is 0. The van der Waals surface area contributed by atoms with Gasteiger partial charge >= 0.3 is 0 Å². The Bertz CT molecular complexity index is 380. The van der Waals surface area contributed by atoms with E-state index >= 15 is 0 Å². The van der Waals surface area contributed by atoms with Crippen molar-refractivity contribution in [3.63, 3.8) is 0 Å². The lowest BCUT2D eigenvalue weighted by Gasteiger charge is -2.32. The summed E-state index contributed by atoms with van der Waals surface area (Å²) in [5.41, 5.74) is 7.71. The second-order valence-corrected chi connectivity index (χ2v) is 7.05.